The average Bonchev–Trinajstić information content (AvgIpc) is 3.20. The third-order valence-electron chi connectivity index (χ3n) is 5.23. The molecule has 0 spiro atoms. The molecule has 1 fully saturated rings. The van der Waals surface area contributed by atoms with Gasteiger partial charge in [0.05, 0.1) is 12.9 Å². The lowest BCUT2D eigenvalue weighted by atomic mass is 10.1. The zero-order valence-electron chi connectivity index (χ0n) is 16.7. The minimum absolute atomic E-state index is 0.175. The van der Waals surface area contributed by atoms with Crippen molar-refractivity contribution in [2.24, 2.45) is 0 Å². The van der Waals surface area contributed by atoms with E-state index < -0.39 is 32.9 Å². The fourth-order valence-electron chi connectivity index (χ4n) is 3.48. The maximum atomic E-state index is 14.8. The number of aliphatic hydroxyl groups excluding tert-OH is 1. The van der Waals surface area contributed by atoms with Gasteiger partial charge in [0.25, 0.3) is 0 Å². The van der Waals surface area contributed by atoms with Gasteiger partial charge in [-0.25, -0.2) is 19.3 Å². The molecule has 0 bridgehead atoms. The summed E-state index contributed by atoms with van der Waals surface area (Å²) in [6, 6.07) is 1.04. The maximum Gasteiger partial charge on any atom is 0.186 e. The van der Waals surface area contributed by atoms with Crippen LogP contribution in [0.2, 0.25) is 19.1 Å². The lowest BCUT2D eigenvalue weighted by Crippen LogP contribution is -2.38. The Labute approximate surface area is 165 Å². The molecule has 1 aliphatic rings. The minimum Gasteiger partial charge on any atom is -0.415 e. The van der Waals surface area contributed by atoms with Crippen LogP contribution < -0.4 is 5.73 Å². The van der Waals surface area contributed by atoms with Crippen LogP contribution in [0.4, 0.5) is 10.2 Å². The van der Waals surface area contributed by atoms with Crippen LogP contribution in [0, 0.1) is 0 Å². The molecule has 0 unspecified atom stereocenters. The fourth-order valence-corrected chi connectivity index (χ4v) is 5.34. The first kappa shape index (κ1) is 21.1. The smallest absolute Gasteiger partial charge is 0.186 e. The van der Waals surface area contributed by atoms with E-state index in [1.165, 1.54) is 36.5 Å². The molecular formula is C18H30FN5O3Si. The van der Waals surface area contributed by atoms with Gasteiger partial charge in [0.1, 0.15) is 24.1 Å². The minimum atomic E-state index is -1.88. The number of alkyl halides is 1. The molecule has 1 aliphatic heterocycles. The monoisotopic (exact) mass is 411 g/mol. The molecule has 0 amide bonds. The summed E-state index contributed by atoms with van der Waals surface area (Å²) in [7, 11) is -1.88. The molecule has 0 radical (unpaired) electrons. The van der Waals surface area contributed by atoms with E-state index in [-0.39, 0.29) is 12.4 Å². The molecule has 2 aromatic rings. The molecule has 0 aromatic carbocycles. The lowest BCUT2D eigenvalue weighted by Gasteiger charge is -2.25. The zero-order valence-corrected chi connectivity index (χ0v) is 17.7. The molecule has 0 saturated carbocycles. The second-order valence-corrected chi connectivity index (χ2v) is 12.3. The molecule has 8 nitrogen and oxygen atoms in total. The summed E-state index contributed by atoms with van der Waals surface area (Å²) in [4.78, 5) is 12.1. The highest BCUT2D eigenvalue weighted by Gasteiger charge is 2.46. The summed E-state index contributed by atoms with van der Waals surface area (Å²) in [5, 5.41) is 10.3. The molecule has 2 aromatic heterocycles. The number of halogens is 1. The van der Waals surface area contributed by atoms with E-state index in [0.717, 1.165) is 12.5 Å². The highest BCUT2D eigenvalue weighted by atomic mass is 28.4. The predicted octanol–water partition coefficient (Wildman–Crippen LogP) is 2.81. The Morgan fingerprint density at radius 1 is 1.29 bits per heavy atom. The number of aromatic nitrogens is 4. The molecule has 1 saturated heterocycles. The van der Waals surface area contributed by atoms with Crippen molar-refractivity contribution >= 4 is 25.3 Å². The topological polar surface area (TPSA) is 108 Å². The van der Waals surface area contributed by atoms with Gasteiger partial charge in [-0.1, -0.05) is 32.6 Å². The van der Waals surface area contributed by atoms with Gasteiger partial charge in [0.15, 0.2) is 32.2 Å². The Bertz CT molecular complexity index is 790. The normalized spacial score (nSPS) is 25.6. The number of nitrogens with two attached hydrogens (primary N) is 1. The number of rotatable bonds is 9. The SMILES string of the molecule is CCCCCC[Si](C)(C)OC[C@H]1O[C@@H](n2cnc3c(N)ncnc32)[C@H](F)[C@@H]1O. The van der Waals surface area contributed by atoms with E-state index in [2.05, 4.69) is 35.0 Å². The molecule has 3 heterocycles. The quantitative estimate of drug-likeness (QED) is 0.482. The van der Waals surface area contributed by atoms with Crippen molar-refractivity contribution < 1.29 is 18.7 Å². The van der Waals surface area contributed by atoms with Crippen molar-refractivity contribution in [3.8, 4) is 0 Å². The number of nitrogen functional groups attached to an aromatic ring is 1. The molecule has 3 N–H and O–H groups in total. The standard InChI is InChI=1S/C18H30FN5O3Si/c1-4-5-6-7-8-28(2,3)26-9-12-15(25)13(19)18(27-12)24-11-23-14-16(20)21-10-22-17(14)24/h10-13,15,18,25H,4-9H2,1-3H3,(H2,20,21,22)/t12-,13-,15-,18-/m1/s1. The van der Waals surface area contributed by atoms with Crippen LogP contribution in [0.15, 0.2) is 12.7 Å². The molecule has 156 valence electrons. The Balaban J connectivity index is 1.63. The van der Waals surface area contributed by atoms with Crippen molar-refractivity contribution in [3.05, 3.63) is 12.7 Å². The van der Waals surface area contributed by atoms with Gasteiger partial charge in [0.2, 0.25) is 0 Å². The van der Waals surface area contributed by atoms with Crippen molar-refractivity contribution in [2.75, 3.05) is 12.3 Å². The van der Waals surface area contributed by atoms with Crippen molar-refractivity contribution in [1.82, 2.24) is 19.5 Å². The van der Waals surface area contributed by atoms with Gasteiger partial charge in [-0.05, 0) is 19.1 Å². The van der Waals surface area contributed by atoms with Crippen LogP contribution in [0.5, 0.6) is 0 Å². The predicted molar refractivity (Wildman–Crippen MR) is 107 cm³/mol. The highest BCUT2D eigenvalue weighted by molar-refractivity contribution is 6.71. The first-order valence-electron chi connectivity index (χ1n) is 9.88. The number of unbranched alkanes of at least 4 members (excludes halogenated alkanes) is 3. The lowest BCUT2D eigenvalue weighted by molar-refractivity contribution is -0.0428. The number of nitrogens with zero attached hydrogens (tertiary/aromatic N) is 4. The third kappa shape index (κ3) is 4.51. The van der Waals surface area contributed by atoms with E-state index in [1.807, 2.05) is 0 Å². The van der Waals surface area contributed by atoms with Crippen LogP contribution in [0.3, 0.4) is 0 Å². The summed E-state index contributed by atoms with van der Waals surface area (Å²) in [5.74, 6) is 0.216. The zero-order chi connectivity index (χ0) is 20.3. The van der Waals surface area contributed by atoms with Crippen molar-refractivity contribution in [2.45, 2.75) is 76.4 Å². The van der Waals surface area contributed by atoms with Gasteiger partial charge in [-0.15, -0.1) is 0 Å². The highest BCUT2D eigenvalue weighted by Crippen LogP contribution is 2.34. The molecule has 3 rings (SSSR count). The molecule has 10 heteroatoms. The second-order valence-electron chi connectivity index (χ2n) is 7.96. The van der Waals surface area contributed by atoms with Crippen LogP contribution in [-0.2, 0) is 9.16 Å². The Morgan fingerprint density at radius 3 is 2.82 bits per heavy atom. The van der Waals surface area contributed by atoms with Gasteiger partial charge in [0, 0.05) is 0 Å². The van der Waals surface area contributed by atoms with E-state index >= 15 is 0 Å². The largest absolute Gasteiger partial charge is 0.415 e. The maximum absolute atomic E-state index is 14.8. The number of hydrogen-bond donors (Lipinski definition) is 2. The first-order valence-corrected chi connectivity index (χ1v) is 13.0. The number of ether oxygens (including phenoxy) is 1. The van der Waals surface area contributed by atoms with Crippen LogP contribution in [0.25, 0.3) is 11.2 Å². The van der Waals surface area contributed by atoms with Gasteiger partial charge >= 0.3 is 0 Å². The molecule has 0 aliphatic carbocycles. The summed E-state index contributed by atoms with van der Waals surface area (Å²) in [6.07, 6.45) is 2.82. The van der Waals surface area contributed by atoms with Gasteiger partial charge < -0.3 is 20.0 Å². The van der Waals surface area contributed by atoms with Gasteiger partial charge in [-0.3, -0.25) is 4.57 Å². The molecule has 28 heavy (non-hydrogen) atoms. The Kier molecular flexibility index (Phi) is 6.64. The molecular weight excluding hydrogens is 381 g/mol. The van der Waals surface area contributed by atoms with E-state index in [9.17, 15) is 9.50 Å². The second kappa shape index (κ2) is 8.81. The summed E-state index contributed by atoms with van der Waals surface area (Å²) in [5.41, 5.74) is 6.54. The number of fused-ring (bicyclic) bond motifs is 1. The number of imidazole rings is 1. The van der Waals surface area contributed by atoms with Crippen LogP contribution in [-0.4, -0.2) is 57.9 Å². The number of aliphatic hydroxyl groups is 1. The van der Waals surface area contributed by atoms with Crippen LogP contribution >= 0.6 is 0 Å². The first-order chi connectivity index (χ1) is 13.3. The van der Waals surface area contributed by atoms with Gasteiger partial charge in [-0.2, -0.15) is 0 Å². The Morgan fingerprint density at radius 2 is 2.07 bits per heavy atom. The van der Waals surface area contributed by atoms with Crippen molar-refractivity contribution in [3.63, 3.8) is 0 Å². The average molecular weight is 412 g/mol. The summed E-state index contributed by atoms with van der Waals surface area (Å²) < 4.78 is 28.2. The Hall–Kier alpha value is -1.62. The van der Waals surface area contributed by atoms with E-state index in [1.54, 1.807) is 0 Å². The molecule has 4 atom stereocenters. The number of anilines is 1. The number of hydrogen-bond acceptors (Lipinski definition) is 7. The summed E-state index contributed by atoms with van der Waals surface area (Å²) >= 11 is 0. The van der Waals surface area contributed by atoms with Crippen LogP contribution in [0.1, 0.15) is 38.8 Å². The van der Waals surface area contributed by atoms with E-state index in [0.29, 0.717) is 11.2 Å². The third-order valence-corrected chi connectivity index (χ3v) is 7.73. The fraction of sp³-hybridized carbons (Fsp3) is 0.722. The summed E-state index contributed by atoms with van der Waals surface area (Å²) in [6.45, 7) is 6.65. The van der Waals surface area contributed by atoms with Crippen molar-refractivity contribution in [1.29, 1.82) is 0 Å². The van der Waals surface area contributed by atoms with E-state index in [4.69, 9.17) is 14.9 Å².